The molecule has 0 radical (unpaired) electrons. The summed E-state index contributed by atoms with van der Waals surface area (Å²) in [6, 6.07) is 6.22. The first-order chi connectivity index (χ1) is 12.0. The number of likely N-dealkylation sites (N-methyl/N-ethyl adjacent to an activating group) is 1. The van der Waals surface area contributed by atoms with E-state index in [1.807, 2.05) is 6.07 Å². The fraction of sp³-hybridized carbons (Fsp3) is 0.632. The molecule has 2 bridgehead atoms. The molecule has 25 heavy (non-hydrogen) atoms. The van der Waals surface area contributed by atoms with E-state index in [1.165, 1.54) is 0 Å². The summed E-state index contributed by atoms with van der Waals surface area (Å²) in [6.07, 6.45) is 1.53. The molecule has 2 saturated heterocycles. The van der Waals surface area contributed by atoms with Crippen LogP contribution in [0.4, 0.5) is 0 Å². The van der Waals surface area contributed by atoms with E-state index in [0.29, 0.717) is 22.5 Å². The van der Waals surface area contributed by atoms with Gasteiger partial charge in [-0.25, -0.2) is 0 Å². The van der Waals surface area contributed by atoms with Crippen molar-refractivity contribution >= 4 is 29.1 Å². The maximum atomic E-state index is 13.0. The van der Waals surface area contributed by atoms with Gasteiger partial charge in [-0.05, 0) is 43.8 Å². The van der Waals surface area contributed by atoms with Crippen LogP contribution >= 0.6 is 23.2 Å². The van der Waals surface area contributed by atoms with Gasteiger partial charge in [-0.15, -0.1) is 0 Å². The second-order valence-corrected chi connectivity index (χ2v) is 7.77. The number of fused-ring (bicyclic) bond motifs is 2. The molecular weight excluding hydrogens is 357 g/mol. The molecule has 1 aromatic rings. The number of nitrogens with zero attached hydrogens (tertiary/aromatic N) is 3. The highest BCUT2D eigenvalue weighted by molar-refractivity contribution is 6.42. The molecule has 2 fully saturated rings. The van der Waals surface area contributed by atoms with Crippen LogP contribution in [0.1, 0.15) is 25.8 Å². The molecular formula is C19H27Cl2N3O. The van der Waals surface area contributed by atoms with Crippen molar-refractivity contribution in [1.29, 1.82) is 0 Å². The molecule has 6 heteroatoms. The van der Waals surface area contributed by atoms with Gasteiger partial charge in [0.1, 0.15) is 0 Å². The number of rotatable bonds is 5. The zero-order valence-corrected chi connectivity index (χ0v) is 16.6. The largest absolute Gasteiger partial charge is 0.335 e. The van der Waals surface area contributed by atoms with Gasteiger partial charge < -0.3 is 4.90 Å². The Hall–Kier alpha value is -0.810. The van der Waals surface area contributed by atoms with Crippen molar-refractivity contribution in [3.8, 4) is 0 Å². The van der Waals surface area contributed by atoms with Gasteiger partial charge in [0.2, 0.25) is 5.91 Å². The number of hydrogen-bond acceptors (Lipinski definition) is 3. The Morgan fingerprint density at radius 3 is 2.60 bits per heavy atom. The van der Waals surface area contributed by atoms with Crippen LogP contribution in [-0.2, 0) is 11.2 Å². The molecule has 0 aliphatic carbocycles. The molecule has 3 atom stereocenters. The van der Waals surface area contributed by atoms with Crippen LogP contribution in [0.5, 0.6) is 0 Å². The van der Waals surface area contributed by atoms with E-state index < -0.39 is 0 Å². The predicted molar refractivity (Wildman–Crippen MR) is 103 cm³/mol. The third kappa shape index (κ3) is 4.13. The Bertz CT molecular complexity index is 621. The Morgan fingerprint density at radius 2 is 1.92 bits per heavy atom. The van der Waals surface area contributed by atoms with Gasteiger partial charge in [0.25, 0.3) is 0 Å². The zero-order chi connectivity index (χ0) is 18.0. The summed E-state index contributed by atoms with van der Waals surface area (Å²) in [6.45, 7) is 10.4. The van der Waals surface area contributed by atoms with Gasteiger partial charge in [-0.1, -0.05) is 43.1 Å². The first-order valence-corrected chi connectivity index (χ1v) is 9.98. The Balaban J connectivity index is 1.74. The van der Waals surface area contributed by atoms with Crippen LogP contribution in [0, 0.1) is 0 Å². The van der Waals surface area contributed by atoms with Crippen molar-refractivity contribution in [3.63, 3.8) is 0 Å². The number of carbonyl (C=O) groups excluding carboxylic acids is 1. The number of hydrogen-bond donors (Lipinski definition) is 0. The number of carbonyl (C=O) groups is 1. The van der Waals surface area contributed by atoms with Gasteiger partial charge in [0.05, 0.1) is 22.5 Å². The standard InChI is InChI=1S/C19H27Cl2N3O/c1-3-23(4-2)17-7-8-22-9-10-24(18(17)13-22)19(25)12-14-5-6-15(20)16(21)11-14/h5-6,11,17-18H,3-4,7-10,12-13H2,1-2H3/t17-,18+/m0/s1. The van der Waals surface area contributed by atoms with E-state index in [-0.39, 0.29) is 11.9 Å². The smallest absolute Gasteiger partial charge is 0.227 e. The Kier molecular flexibility index (Phi) is 6.26. The van der Waals surface area contributed by atoms with E-state index in [9.17, 15) is 4.79 Å². The van der Waals surface area contributed by atoms with Crippen LogP contribution in [0.2, 0.25) is 10.0 Å². The average molecular weight is 384 g/mol. The highest BCUT2D eigenvalue weighted by Crippen LogP contribution is 2.27. The number of halogens is 2. The van der Waals surface area contributed by atoms with Crippen LogP contribution < -0.4 is 0 Å². The zero-order valence-electron chi connectivity index (χ0n) is 15.0. The predicted octanol–water partition coefficient (Wildman–Crippen LogP) is 3.16. The molecule has 0 N–H and O–H groups in total. The lowest BCUT2D eigenvalue weighted by Gasteiger charge is -2.51. The molecule has 0 aromatic heterocycles. The summed E-state index contributed by atoms with van der Waals surface area (Å²) in [4.78, 5) is 20.1. The molecule has 0 saturated carbocycles. The van der Waals surface area contributed by atoms with Gasteiger partial charge in [-0.2, -0.15) is 0 Å². The average Bonchev–Trinajstić information content (AvgIpc) is 2.61. The second kappa shape index (κ2) is 8.26. The minimum absolute atomic E-state index is 0.196. The number of piperazine rings is 1. The van der Waals surface area contributed by atoms with E-state index in [2.05, 4.69) is 28.5 Å². The SMILES string of the molecule is CCN(CC)[C@H]1CCN2CCN(C(=O)Cc3ccc(Cl)c(Cl)c3)[C@@H]1C2. The van der Waals surface area contributed by atoms with Crippen molar-refractivity contribution < 1.29 is 4.79 Å². The van der Waals surface area contributed by atoms with Crippen molar-refractivity contribution in [2.45, 2.75) is 38.8 Å². The van der Waals surface area contributed by atoms with Crippen molar-refractivity contribution in [1.82, 2.24) is 14.7 Å². The summed E-state index contributed by atoms with van der Waals surface area (Å²) >= 11 is 12.1. The van der Waals surface area contributed by atoms with E-state index in [0.717, 1.165) is 51.3 Å². The van der Waals surface area contributed by atoms with Crippen molar-refractivity contribution in [3.05, 3.63) is 33.8 Å². The number of benzene rings is 1. The van der Waals surface area contributed by atoms with Gasteiger partial charge in [0.15, 0.2) is 0 Å². The summed E-state index contributed by atoms with van der Waals surface area (Å²) < 4.78 is 0. The molecule has 1 amide bonds. The summed E-state index contributed by atoms with van der Waals surface area (Å²) in [7, 11) is 0. The molecule has 2 aliphatic heterocycles. The molecule has 0 spiro atoms. The Labute approximate surface area is 160 Å². The second-order valence-electron chi connectivity index (χ2n) is 6.96. The minimum Gasteiger partial charge on any atom is -0.335 e. The van der Waals surface area contributed by atoms with Gasteiger partial charge in [0, 0.05) is 25.7 Å². The van der Waals surface area contributed by atoms with Crippen molar-refractivity contribution in [2.24, 2.45) is 0 Å². The quantitative estimate of drug-likeness (QED) is 0.780. The first kappa shape index (κ1) is 19.0. The fourth-order valence-electron chi connectivity index (χ4n) is 4.26. The van der Waals surface area contributed by atoms with E-state index in [4.69, 9.17) is 23.2 Å². The monoisotopic (exact) mass is 383 g/mol. The molecule has 3 rings (SSSR count). The lowest BCUT2D eigenvalue weighted by atomic mass is 9.93. The highest BCUT2D eigenvalue weighted by atomic mass is 35.5. The molecule has 2 aliphatic rings. The lowest BCUT2D eigenvalue weighted by molar-refractivity contribution is -0.140. The van der Waals surface area contributed by atoms with Crippen LogP contribution in [0.25, 0.3) is 0 Å². The highest BCUT2D eigenvalue weighted by Gasteiger charge is 2.40. The third-order valence-corrected chi connectivity index (χ3v) is 6.37. The summed E-state index contributed by atoms with van der Waals surface area (Å²) in [5.41, 5.74) is 0.928. The van der Waals surface area contributed by atoms with Crippen molar-refractivity contribution in [2.75, 3.05) is 39.3 Å². The maximum absolute atomic E-state index is 13.0. The summed E-state index contributed by atoms with van der Waals surface area (Å²) in [5, 5.41) is 1.04. The number of amides is 1. The van der Waals surface area contributed by atoms with Gasteiger partial charge in [-0.3, -0.25) is 14.6 Å². The molecule has 138 valence electrons. The van der Waals surface area contributed by atoms with Crippen LogP contribution in [0.15, 0.2) is 18.2 Å². The minimum atomic E-state index is 0.196. The van der Waals surface area contributed by atoms with Gasteiger partial charge >= 0.3 is 0 Å². The third-order valence-electron chi connectivity index (χ3n) is 5.63. The van der Waals surface area contributed by atoms with E-state index >= 15 is 0 Å². The number of piperidine rings is 1. The topological polar surface area (TPSA) is 26.8 Å². The summed E-state index contributed by atoms with van der Waals surface area (Å²) in [5.74, 6) is 0.196. The first-order valence-electron chi connectivity index (χ1n) is 9.23. The molecule has 4 nitrogen and oxygen atoms in total. The Morgan fingerprint density at radius 1 is 1.16 bits per heavy atom. The fourth-order valence-corrected chi connectivity index (χ4v) is 4.58. The molecule has 2 heterocycles. The van der Waals surface area contributed by atoms with Crippen LogP contribution in [0.3, 0.4) is 0 Å². The van der Waals surface area contributed by atoms with E-state index in [1.54, 1.807) is 12.1 Å². The maximum Gasteiger partial charge on any atom is 0.227 e. The lowest BCUT2D eigenvalue weighted by Crippen LogP contribution is -2.66. The molecule has 1 unspecified atom stereocenters. The normalized spacial score (nSPS) is 26.1. The van der Waals surface area contributed by atoms with Crippen LogP contribution in [-0.4, -0.2) is 72.0 Å². The molecule has 1 aromatic carbocycles.